The van der Waals surface area contributed by atoms with Crippen LogP contribution in [0.15, 0.2) is 0 Å². The molecule has 39 heavy (non-hydrogen) atoms. The molecule has 0 rings (SSSR count). The Labute approximate surface area is 243 Å². The van der Waals surface area contributed by atoms with Crippen LogP contribution in [0.2, 0.25) is 0 Å². The molecule has 0 unspecified atom stereocenters. The van der Waals surface area contributed by atoms with Crippen molar-refractivity contribution in [2.75, 3.05) is 32.8 Å². The van der Waals surface area contributed by atoms with Gasteiger partial charge in [-0.05, 0) is 57.5 Å². The number of carbonyl (C=O) groups is 2. The molecule has 0 fully saturated rings. The maximum absolute atomic E-state index is 12.2. The van der Waals surface area contributed by atoms with E-state index in [1.807, 2.05) is 0 Å². The van der Waals surface area contributed by atoms with Gasteiger partial charge in [0.1, 0.15) is 6.29 Å². The summed E-state index contributed by atoms with van der Waals surface area (Å²) < 4.78 is 5.58. The lowest BCUT2D eigenvalue weighted by atomic mass is 9.92. The third kappa shape index (κ3) is 28.4. The third-order valence-corrected chi connectivity index (χ3v) is 8.01. The highest BCUT2D eigenvalue weighted by Gasteiger charge is 2.11. The first-order valence-corrected chi connectivity index (χ1v) is 17.1. The van der Waals surface area contributed by atoms with E-state index in [1.54, 1.807) is 0 Å². The van der Waals surface area contributed by atoms with E-state index in [1.165, 1.54) is 109 Å². The molecule has 0 radical (unpaired) electrons. The number of hydrogen-bond donors (Lipinski definition) is 1. The molecule has 0 aromatic rings. The van der Waals surface area contributed by atoms with Crippen LogP contribution >= 0.6 is 0 Å². The van der Waals surface area contributed by atoms with E-state index >= 15 is 0 Å². The van der Waals surface area contributed by atoms with Crippen LogP contribution < -0.4 is 0 Å². The fraction of sp³-hybridized carbons (Fsp3) is 0.941. The molecule has 0 aliphatic rings. The summed E-state index contributed by atoms with van der Waals surface area (Å²) in [6.07, 6.45) is 28.8. The lowest BCUT2D eigenvalue weighted by molar-refractivity contribution is -0.144. The molecule has 0 aromatic carbocycles. The van der Waals surface area contributed by atoms with Gasteiger partial charge in [-0.2, -0.15) is 0 Å². The van der Waals surface area contributed by atoms with Crippen molar-refractivity contribution in [3.63, 3.8) is 0 Å². The number of nitrogens with zero attached hydrogens (tertiary/aromatic N) is 1. The summed E-state index contributed by atoms with van der Waals surface area (Å²) in [5.41, 5.74) is 0. The molecule has 5 nitrogen and oxygen atoms in total. The molecule has 5 heteroatoms. The van der Waals surface area contributed by atoms with Gasteiger partial charge in [0.15, 0.2) is 0 Å². The number of esters is 1. The van der Waals surface area contributed by atoms with Gasteiger partial charge in [-0.3, -0.25) is 4.79 Å². The van der Waals surface area contributed by atoms with Gasteiger partial charge in [-0.15, -0.1) is 0 Å². The Balaban J connectivity index is 3.80. The van der Waals surface area contributed by atoms with Crippen LogP contribution in [-0.4, -0.2) is 55.1 Å². The molecule has 1 N–H and O–H groups in total. The summed E-state index contributed by atoms with van der Waals surface area (Å²) in [4.78, 5) is 25.1. The molecule has 0 amide bonds. The van der Waals surface area contributed by atoms with Crippen LogP contribution in [0.3, 0.4) is 0 Å². The number of rotatable bonds is 32. The molecule has 0 aliphatic carbocycles. The molecule has 0 saturated heterocycles. The minimum Gasteiger partial charge on any atom is -0.466 e. The van der Waals surface area contributed by atoms with E-state index in [-0.39, 0.29) is 12.6 Å². The van der Waals surface area contributed by atoms with Gasteiger partial charge in [0.2, 0.25) is 0 Å². The standard InChI is InChI=1S/C34H67NO4/c1-3-5-16-23-33(24-17-6-4-2)26-32-39-34(38)25-18-12-8-10-14-20-28-35(29-22-31-37)27-19-13-9-7-11-15-21-30-36/h30,33,37H,3-29,31-32H2,1-2H3. The van der Waals surface area contributed by atoms with Crippen LogP contribution in [0, 0.1) is 5.92 Å². The lowest BCUT2D eigenvalue weighted by Gasteiger charge is -2.22. The lowest BCUT2D eigenvalue weighted by Crippen LogP contribution is -2.27. The van der Waals surface area contributed by atoms with Crippen molar-refractivity contribution in [1.82, 2.24) is 4.90 Å². The first kappa shape index (κ1) is 38.1. The van der Waals surface area contributed by atoms with Gasteiger partial charge in [0.05, 0.1) is 6.61 Å². The van der Waals surface area contributed by atoms with Crippen LogP contribution in [-0.2, 0) is 14.3 Å². The summed E-state index contributed by atoms with van der Waals surface area (Å²) in [7, 11) is 0. The average Bonchev–Trinajstić information content (AvgIpc) is 2.94. The molecule has 0 aromatic heterocycles. The van der Waals surface area contributed by atoms with Crippen LogP contribution in [0.1, 0.15) is 168 Å². The fourth-order valence-electron chi connectivity index (χ4n) is 5.42. The number of aliphatic hydroxyl groups excluding tert-OH is 1. The van der Waals surface area contributed by atoms with Gasteiger partial charge < -0.3 is 19.5 Å². The van der Waals surface area contributed by atoms with Crippen molar-refractivity contribution in [2.24, 2.45) is 5.92 Å². The normalized spacial score (nSPS) is 11.5. The number of unbranched alkanes of at least 4 members (excludes halogenated alkanes) is 15. The Hall–Kier alpha value is -0.940. The fourth-order valence-corrected chi connectivity index (χ4v) is 5.42. The molecule has 0 saturated carbocycles. The van der Waals surface area contributed by atoms with E-state index in [4.69, 9.17) is 4.74 Å². The number of ether oxygens (including phenoxy) is 1. The summed E-state index contributed by atoms with van der Waals surface area (Å²) in [5.74, 6) is 0.719. The molecule has 0 aliphatic heterocycles. The van der Waals surface area contributed by atoms with Gasteiger partial charge in [-0.1, -0.05) is 117 Å². The number of aliphatic hydroxyl groups is 1. The van der Waals surface area contributed by atoms with Crippen molar-refractivity contribution in [1.29, 1.82) is 0 Å². The van der Waals surface area contributed by atoms with E-state index in [2.05, 4.69) is 18.7 Å². The predicted molar refractivity (Wildman–Crippen MR) is 166 cm³/mol. The van der Waals surface area contributed by atoms with Crippen molar-refractivity contribution in [3.8, 4) is 0 Å². The molecular formula is C34H67NO4. The van der Waals surface area contributed by atoms with Gasteiger partial charge in [-0.25, -0.2) is 0 Å². The zero-order chi connectivity index (χ0) is 28.7. The molecule has 0 spiro atoms. The van der Waals surface area contributed by atoms with Crippen LogP contribution in [0.25, 0.3) is 0 Å². The monoisotopic (exact) mass is 554 g/mol. The maximum Gasteiger partial charge on any atom is 0.305 e. The average molecular weight is 554 g/mol. The van der Waals surface area contributed by atoms with Crippen molar-refractivity contribution in [2.45, 2.75) is 168 Å². The van der Waals surface area contributed by atoms with Crippen molar-refractivity contribution < 1.29 is 19.4 Å². The second kappa shape index (κ2) is 31.6. The van der Waals surface area contributed by atoms with Gasteiger partial charge in [0.25, 0.3) is 0 Å². The Morgan fingerprint density at radius 1 is 0.667 bits per heavy atom. The smallest absolute Gasteiger partial charge is 0.305 e. The SMILES string of the molecule is CCCCCC(CCCCC)CCOC(=O)CCCCCCCCN(CCCO)CCCCCCCCC=O. The quantitative estimate of drug-likeness (QED) is 0.0511. The topological polar surface area (TPSA) is 66.8 Å². The summed E-state index contributed by atoms with van der Waals surface area (Å²) in [6, 6.07) is 0. The number of aldehydes is 1. The second-order valence-corrected chi connectivity index (χ2v) is 11.7. The molecule has 0 heterocycles. The predicted octanol–water partition coefficient (Wildman–Crippen LogP) is 9.04. The van der Waals surface area contributed by atoms with Crippen molar-refractivity contribution >= 4 is 12.3 Å². The third-order valence-electron chi connectivity index (χ3n) is 8.01. The summed E-state index contributed by atoms with van der Waals surface area (Å²) >= 11 is 0. The highest BCUT2D eigenvalue weighted by Crippen LogP contribution is 2.21. The zero-order valence-corrected chi connectivity index (χ0v) is 26.3. The largest absolute Gasteiger partial charge is 0.466 e. The number of carbonyl (C=O) groups excluding carboxylic acids is 2. The Morgan fingerprint density at radius 3 is 1.72 bits per heavy atom. The molecule has 0 atom stereocenters. The van der Waals surface area contributed by atoms with E-state index < -0.39 is 0 Å². The maximum atomic E-state index is 12.2. The van der Waals surface area contributed by atoms with Crippen LogP contribution in [0.4, 0.5) is 0 Å². The van der Waals surface area contributed by atoms with E-state index in [0.717, 1.165) is 63.9 Å². The van der Waals surface area contributed by atoms with Gasteiger partial charge in [0, 0.05) is 26.0 Å². The van der Waals surface area contributed by atoms with Crippen LogP contribution in [0.5, 0.6) is 0 Å². The highest BCUT2D eigenvalue weighted by molar-refractivity contribution is 5.69. The summed E-state index contributed by atoms with van der Waals surface area (Å²) in [5, 5.41) is 9.23. The molecule has 232 valence electrons. The first-order chi connectivity index (χ1) is 19.2. The minimum absolute atomic E-state index is 0.00337. The minimum atomic E-state index is -0.00337. The Bertz CT molecular complexity index is 503. The van der Waals surface area contributed by atoms with E-state index in [0.29, 0.717) is 19.4 Å². The molecular weight excluding hydrogens is 486 g/mol. The van der Waals surface area contributed by atoms with Crippen molar-refractivity contribution in [3.05, 3.63) is 0 Å². The zero-order valence-electron chi connectivity index (χ0n) is 26.3. The molecule has 0 bridgehead atoms. The summed E-state index contributed by atoms with van der Waals surface area (Å²) in [6.45, 7) is 8.66. The Morgan fingerprint density at radius 2 is 1.18 bits per heavy atom. The first-order valence-electron chi connectivity index (χ1n) is 17.1. The van der Waals surface area contributed by atoms with E-state index in [9.17, 15) is 14.7 Å². The second-order valence-electron chi connectivity index (χ2n) is 11.7. The Kier molecular flexibility index (Phi) is 30.8. The number of hydrogen-bond acceptors (Lipinski definition) is 5. The highest BCUT2D eigenvalue weighted by atomic mass is 16.5. The van der Waals surface area contributed by atoms with Gasteiger partial charge >= 0.3 is 5.97 Å².